The van der Waals surface area contributed by atoms with E-state index in [9.17, 15) is 0 Å². The molecule has 6 rings (SSSR count). The van der Waals surface area contributed by atoms with E-state index in [0.29, 0.717) is 0 Å². The van der Waals surface area contributed by atoms with Gasteiger partial charge in [-0.2, -0.15) is 4.37 Å². The Kier molecular flexibility index (Phi) is 13.7. The van der Waals surface area contributed by atoms with Crippen molar-refractivity contribution in [3.05, 3.63) is 78.9 Å². The zero-order chi connectivity index (χ0) is 36.1. The predicted octanol–water partition coefficient (Wildman–Crippen LogP) is 12.9. The molecule has 0 atom stereocenters. The van der Waals surface area contributed by atoms with Gasteiger partial charge in [0.05, 0.1) is 5.52 Å². The lowest BCUT2D eigenvalue weighted by molar-refractivity contribution is 0.636. The Hall–Kier alpha value is -4.23. The Bertz CT molecular complexity index is 1800. The molecule has 0 aliphatic heterocycles. The van der Waals surface area contributed by atoms with Gasteiger partial charge in [0.15, 0.2) is 5.82 Å². The number of unbranched alkanes of at least 4 members (excludes halogenated alkanes) is 8. The molecule has 0 aliphatic carbocycles. The number of hydrogen-bond donors (Lipinski definition) is 1. The second-order valence-electron chi connectivity index (χ2n) is 14.3. The molecular weight excluding hydrogens is 657 g/mol. The van der Waals surface area contributed by atoms with Gasteiger partial charge in [-0.25, -0.2) is 9.97 Å². The zero-order valence-electron chi connectivity index (χ0n) is 32.0. The summed E-state index contributed by atoms with van der Waals surface area (Å²) in [5.74, 6) is 0.749. The van der Waals surface area contributed by atoms with Gasteiger partial charge in [0.2, 0.25) is 0 Å². The predicted molar refractivity (Wildman–Crippen MR) is 226 cm³/mol. The topological polar surface area (TPSA) is 60.9 Å². The van der Waals surface area contributed by atoms with E-state index in [2.05, 4.69) is 115 Å². The maximum absolute atomic E-state index is 5.29. The van der Waals surface area contributed by atoms with Crippen molar-refractivity contribution >= 4 is 45.2 Å². The molecule has 7 heteroatoms. The molecule has 0 bridgehead atoms. The van der Waals surface area contributed by atoms with Crippen LogP contribution in [0.1, 0.15) is 105 Å². The van der Waals surface area contributed by atoms with Crippen molar-refractivity contribution in [3.63, 3.8) is 0 Å². The van der Waals surface area contributed by atoms with Crippen LogP contribution >= 0.6 is 11.7 Å². The molecule has 274 valence electrons. The Morgan fingerprint density at radius 1 is 0.481 bits per heavy atom. The van der Waals surface area contributed by atoms with Crippen LogP contribution in [0, 0.1) is 0 Å². The maximum Gasteiger partial charge on any atom is 0.160 e. The highest BCUT2D eigenvalue weighted by Crippen LogP contribution is 2.43. The van der Waals surface area contributed by atoms with Crippen molar-refractivity contribution in [2.75, 3.05) is 36.0 Å². The lowest BCUT2D eigenvalue weighted by Crippen LogP contribution is -2.25. The number of hydrogen-bond acceptors (Lipinski definition) is 6. The number of aromatic amines is 1. The first-order valence-corrected chi connectivity index (χ1v) is 20.9. The van der Waals surface area contributed by atoms with Gasteiger partial charge in [0.1, 0.15) is 16.6 Å². The summed E-state index contributed by atoms with van der Waals surface area (Å²) in [6, 6.07) is 28.7. The van der Waals surface area contributed by atoms with Crippen molar-refractivity contribution in [3.8, 4) is 33.6 Å². The number of nitrogens with one attached hydrogen (secondary N) is 1. The Morgan fingerprint density at radius 2 is 0.923 bits per heavy atom. The van der Waals surface area contributed by atoms with E-state index in [1.165, 1.54) is 100 Å². The van der Waals surface area contributed by atoms with Crippen LogP contribution in [0.5, 0.6) is 0 Å². The summed E-state index contributed by atoms with van der Waals surface area (Å²) in [4.78, 5) is 15.7. The van der Waals surface area contributed by atoms with E-state index in [0.717, 1.165) is 81.9 Å². The molecule has 0 fully saturated rings. The molecular formula is C45H58N6S. The lowest BCUT2D eigenvalue weighted by Gasteiger charge is -2.25. The SMILES string of the molecule is CCCCCN(CCCCC)c1ccc(-c2c3nc(-c4ccccc4)nc3c(-c3ccc(N(CCCCC)CCCCC)cc3)c3[nH]snc23)cc1. The van der Waals surface area contributed by atoms with E-state index < -0.39 is 0 Å². The number of rotatable bonds is 21. The van der Waals surface area contributed by atoms with Crippen LogP contribution in [-0.2, 0) is 0 Å². The van der Waals surface area contributed by atoms with E-state index in [-0.39, 0.29) is 0 Å². The van der Waals surface area contributed by atoms with Crippen LogP contribution in [0.4, 0.5) is 11.4 Å². The minimum absolute atomic E-state index is 0.749. The summed E-state index contributed by atoms with van der Waals surface area (Å²) in [7, 11) is 0. The summed E-state index contributed by atoms with van der Waals surface area (Å²) in [5.41, 5.74) is 11.8. The van der Waals surface area contributed by atoms with Crippen LogP contribution in [0.25, 0.3) is 55.7 Å². The van der Waals surface area contributed by atoms with Crippen molar-refractivity contribution in [2.24, 2.45) is 0 Å². The van der Waals surface area contributed by atoms with Crippen LogP contribution in [-0.4, -0.2) is 44.9 Å². The fourth-order valence-corrected chi connectivity index (χ4v) is 7.98. The minimum Gasteiger partial charge on any atom is -0.372 e. The Balaban J connectivity index is 1.42. The standard InChI is InChI=1S/C45H58N6S/c1-5-9-16-30-50(31-17-10-6-2)37-26-22-34(23-27-37)39-41-42(47-45(46-41)36-20-14-13-15-21-36)40(44-43(39)48-52-49-44)35-24-28-38(29-25-35)51(32-18-11-7-3)33-19-12-8-4/h13-15,20-29,48H,5-12,16-19,30-33H2,1-4H3. The van der Waals surface area contributed by atoms with Gasteiger partial charge in [-0.3, -0.25) is 4.37 Å². The molecule has 6 aromatic rings. The van der Waals surface area contributed by atoms with Gasteiger partial charge in [-0.1, -0.05) is 134 Å². The molecule has 0 saturated heterocycles. The average Bonchev–Trinajstić information content (AvgIpc) is 3.85. The third kappa shape index (κ3) is 8.86. The lowest BCUT2D eigenvalue weighted by atomic mass is 9.95. The van der Waals surface area contributed by atoms with Crippen molar-refractivity contribution in [1.29, 1.82) is 0 Å². The van der Waals surface area contributed by atoms with E-state index in [4.69, 9.17) is 14.3 Å². The highest BCUT2D eigenvalue weighted by molar-refractivity contribution is 7.00. The number of nitrogens with zero attached hydrogens (tertiary/aromatic N) is 5. The van der Waals surface area contributed by atoms with E-state index >= 15 is 0 Å². The second-order valence-corrected chi connectivity index (χ2v) is 14.8. The molecule has 0 aliphatic rings. The fraction of sp³-hybridized carbons (Fsp3) is 0.444. The first-order valence-electron chi connectivity index (χ1n) is 20.1. The normalized spacial score (nSPS) is 11.5. The number of aromatic nitrogens is 4. The highest BCUT2D eigenvalue weighted by atomic mass is 32.1. The molecule has 0 saturated carbocycles. The molecule has 1 N–H and O–H groups in total. The summed E-state index contributed by atoms with van der Waals surface area (Å²) >= 11 is 1.40. The number of H-pyrrole nitrogens is 1. The number of imidazole rings is 1. The summed E-state index contributed by atoms with van der Waals surface area (Å²) in [6.07, 6.45) is 14.9. The monoisotopic (exact) mass is 714 g/mol. The summed E-state index contributed by atoms with van der Waals surface area (Å²) < 4.78 is 8.57. The number of benzene rings is 4. The average molecular weight is 715 g/mol. The van der Waals surface area contributed by atoms with Gasteiger partial charge < -0.3 is 9.80 Å². The van der Waals surface area contributed by atoms with Gasteiger partial charge in [0.25, 0.3) is 0 Å². The largest absolute Gasteiger partial charge is 0.372 e. The second kappa shape index (κ2) is 19.0. The first kappa shape index (κ1) is 37.5. The number of fused-ring (bicyclic) bond motifs is 2. The van der Waals surface area contributed by atoms with Gasteiger partial charge in [0, 0.05) is 66.0 Å². The zero-order valence-corrected chi connectivity index (χ0v) is 32.8. The van der Waals surface area contributed by atoms with Crippen LogP contribution < -0.4 is 9.80 Å². The molecule has 0 spiro atoms. The van der Waals surface area contributed by atoms with Gasteiger partial charge >= 0.3 is 0 Å². The Morgan fingerprint density at radius 3 is 1.38 bits per heavy atom. The Labute approximate surface area is 316 Å². The van der Waals surface area contributed by atoms with Crippen molar-refractivity contribution < 1.29 is 0 Å². The molecule has 6 nitrogen and oxygen atoms in total. The van der Waals surface area contributed by atoms with Crippen molar-refractivity contribution in [2.45, 2.75) is 105 Å². The molecule has 0 amide bonds. The number of anilines is 2. The molecule has 52 heavy (non-hydrogen) atoms. The smallest absolute Gasteiger partial charge is 0.160 e. The maximum atomic E-state index is 5.29. The van der Waals surface area contributed by atoms with E-state index in [1.54, 1.807) is 0 Å². The molecule has 4 aromatic carbocycles. The van der Waals surface area contributed by atoms with Crippen molar-refractivity contribution in [1.82, 2.24) is 18.7 Å². The fourth-order valence-electron chi connectivity index (χ4n) is 7.37. The van der Waals surface area contributed by atoms with Gasteiger partial charge in [-0.05, 0) is 61.1 Å². The molecule has 0 unspecified atom stereocenters. The molecule has 2 aromatic heterocycles. The summed E-state index contributed by atoms with van der Waals surface area (Å²) in [5, 5.41) is 0. The summed E-state index contributed by atoms with van der Waals surface area (Å²) in [6.45, 7) is 13.5. The van der Waals surface area contributed by atoms with E-state index in [1.807, 2.05) is 6.07 Å². The highest BCUT2D eigenvalue weighted by Gasteiger charge is 2.24. The van der Waals surface area contributed by atoms with Gasteiger partial charge in [-0.15, -0.1) is 0 Å². The first-order chi connectivity index (χ1) is 25.7. The molecule has 2 heterocycles. The quantitative estimate of drug-likeness (QED) is 0.0752. The van der Waals surface area contributed by atoms with Crippen LogP contribution in [0.15, 0.2) is 78.9 Å². The van der Waals surface area contributed by atoms with Crippen LogP contribution in [0.2, 0.25) is 0 Å². The third-order valence-electron chi connectivity index (χ3n) is 10.3. The third-order valence-corrected chi connectivity index (χ3v) is 10.9. The molecule has 0 radical (unpaired) electrons. The van der Waals surface area contributed by atoms with Crippen LogP contribution in [0.3, 0.4) is 0 Å². The minimum atomic E-state index is 0.749.